The fraction of sp³-hybridized carbons (Fsp3) is 0.355. The van der Waals surface area contributed by atoms with Crippen LogP contribution < -0.4 is 14.4 Å². The van der Waals surface area contributed by atoms with Crippen LogP contribution in [0.5, 0.6) is 5.75 Å². The highest BCUT2D eigenvalue weighted by Crippen LogP contribution is 2.30. The average Bonchev–Trinajstić information content (AvgIpc) is 2.98. The van der Waals surface area contributed by atoms with E-state index in [1.165, 1.54) is 29.2 Å². The third-order valence-electron chi connectivity index (χ3n) is 6.72. The van der Waals surface area contributed by atoms with Gasteiger partial charge in [0.05, 0.1) is 17.2 Å². The van der Waals surface area contributed by atoms with Gasteiger partial charge in [-0.05, 0) is 80.4 Å². The maximum absolute atomic E-state index is 14.2. The van der Waals surface area contributed by atoms with Gasteiger partial charge in [-0.1, -0.05) is 61.1 Å². The number of carbonyl (C=O) groups excluding carboxylic acids is 2. The second-order valence-corrected chi connectivity index (χ2v) is 12.8. The van der Waals surface area contributed by atoms with E-state index in [0.717, 1.165) is 17.1 Å². The second kappa shape index (κ2) is 16.2. The Morgan fingerprint density at radius 1 is 0.907 bits per heavy atom. The van der Waals surface area contributed by atoms with Gasteiger partial charge in [-0.15, -0.1) is 0 Å². The molecule has 0 saturated carbocycles. The van der Waals surface area contributed by atoms with Crippen LogP contribution in [0.25, 0.3) is 0 Å². The predicted molar refractivity (Wildman–Crippen MR) is 173 cm³/mol. The van der Waals surface area contributed by atoms with Crippen molar-refractivity contribution in [3.63, 3.8) is 0 Å². The van der Waals surface area contributed by atoms with E-state index in [9.17, 15) is 18.0 Å². The molecule has 3 aromatic carbocycles. The second-order valence-electron chi connectivity index (χ2n) is 9.68. The fourth-order valence-corrected chi connectivity index (χ4v) is 6.47. The number of halogens is 3. The number of nitrogens with one attached hydrogen (secondary N) is 1. The lowest BCUT2D eigenvalue weighted by molar-refractivity contribution is -0.140. The van der Waals surface area contributed by atoms with E-state index in [4.69, 9.17) is 39.5 Å². The number of unbranched alkanes of at least 4 members (excludes halogenated alkanes) is 1. The molecule has 1 N–H and O–H groups in total. The van der Waals surface area contributed by atoms with E-state index in [1.54, 1.807) is 49.4 Å². The molecule has 0 aromatic heterocycles. The van der Waals surface area contributed by atoms with Crippen LogP contribution in [-0.4, -0.2) is 50.9 Å². The molecule has 1 unspecified atom stereocenters. The largest absolute Gasteiger partial charge is 0.494 e. The Hall–Kier alpha value is -2.98. The van der Waals surface area contributed by atoms with Gasteiger partial charge in [0.1, 0.15) is 18.3 Å². The van der Waals surface area contributed by atoms with Crippen molar-refractivity contribution in [1.82, 2.24) is 10.2 Å². The van der Waals surface area contributed by atoms with E-state index in [-0.39, 0.29) is 29.5 Å². The predicted octanol–water partition coefficient (Wildman–Crippen LogP) is 6.96. The number of anilines is 1. The summed E-state index contributed by atoms with van der Waals surface area (Å²) in [5.41, 5.74) is 0.690. The molecule has 0 radical (unpaired) electrons. The maximum atomic E-state index is 14.2. The SMILES string of the molecule is CCCCNC(=O)C(CC)N(Cc1c(Cl)cccc1Cl)C(=O)CN(c1ccc(OCC)cc1)S(=O)(=O)c1ccc(Cl)cc1. The van der Waals surface area contributed by atoms with Gasteiger partial charge in [-0.3, -0.25) is 13.9 Å². The summed E-state index contributed by atoms with van der Waals surface area (Å²) < 4.78 is 34.5. The van der Waals surface area contributed by atoms with Crippen molar-refractivity contribution < 1.29 is 22.7 Å². The van der Waals surface area contributed by atoms with Crippen molar-refractivity contribution in [1.29, 1.82) is 0 Å². The van der Waals surface area contributed by atoms with Gasteiger partial charge >= 0.3 is 0 Å². The molecule has 0 aliphatic carbocycles. The summed E-state index contributed by atoms with van der Waals surface area (Å²) in [4.78, 5) is 28.8. The van der Waals surface area contributed by atoms with Gasteiger partial charge in [0, 0.05) is 33.7 Å². The first-order chi connectivity index (χ1) is 20.5. The van der Waals surface area contributed by atoms with Gasteiger partial charge < -0.3 is 15.0 Å². The Bertz CT molecular complexity index is 1470. The number of rotatable bonds is 15. The molecule has 12 heteroatoms. The molecule has 43 heavy (non-hydrogen) atoms. The normalized spacial score (nSPS) is 12.0. The van der Waals surface area contributed by atoms with Crippen LogP contribution in [-0.2, 0) is 26.2 Å². The van der Waals surface area contributed by atoms with Gasteiger partial charge in [-0.25, -0.2) is 8.42 Å². The van der Waals surface area contributed by atoms with Crippen LogP contribution in [0.3, 0.4) is 0 Å². The minimum atomic E-state index is -4.25. The average molecular weight is 669 g/mol. The molecular formula is C31H36Cl3N3O5S. The Kier molecular flexibility index (Phi) is 13.0. The number of amides is 2. The minimum Gasteiger partial charge on any atom is -0.494 e. The Balaban J connectivity index is 2.08. The number of carbonyl (C=O) groups is 2. The fourth-order valence-electron chi connectivity index (χ4n) is 4.42. The molecule has 2 amide bonds. The topological polar surface area (TPSA) is 96.0 Å². The molecule has 232 valence electrons. The minimum absolute atomic E-state index is 0.0522. The first-order valence-corrected chi connectivity index (χ1v) is 16.6. The zero-order valence-electron chi connectivity index (χ0n) is 24.4. The molecule has 0 spiro atoms. The van der Waals surface area contributed by atoms with Crippen LogP contribution in [0.15, 0.2) is 71.6 Å². The lowest BCUT2D eigenvalue weighted by Gasteiger charge is -2.33. The van der Waals surface area contributed by atoms with Crippen LogP contribution in [0.4, 0.5) is 5.69 Å². The van der Waals surface area contributed by atoms with E-state index < -0.39 is 28.5 Å². The van der Waals surface area contributed by atoms with E-state index >= 15 is 0 Å². The summed E-state index contributed by atoms with van der Waals surface area (Å²) in [5, 5.41) is 3.90. The number of benzene rings is 3. The number of nitrogens with zero attached hydrogens (tertiary/aromatic N) is 2. The first-order valence-electron chi connectivity index (χ1n) is 14.0. The third kappa shape index (κ3) is 9.01. The summed E-state index contributed by atoms with van der Waals surface area (Å²) in [5.74, 6) is -0.410. The van der Waals surface area contributed by atoms with Crippen molar-refractivity contribution in [2.45, 2.75) is 57.5 Å². The van der Waals surface area contributed by atoms with Gasteiger partial charge in [-0.2, -0.15) is 0 Å². The van der Waals surface area contributed by atoms with Crippen LogP contribution in [0.1, 0.15) is 45.6 Å². The Morgan fingerprint density at radius 2 is 1.53 bits per heavy atom. The number of hydrogen-bond acceptors (Lipinski definition) is 5. The summed E-state index contributed by atoms with van der Waals surface area (Å²) in [6, 6.07) is 16.1. The monoisotopic (exact) mass is 667 g/mol. The molecule has 0 bridgehead atoms. The zero-order valence-corrected chi connectivity index (χ0v) is 27.4. The smallest absolute Gasteiger partial charge is 0.264 e. The number of hydrogen-bond donors (Lipinski definition) is 1. The van der Waals surface area contributed by atoms with Crippen molar-refractivity contribution in [3.8, 4) is 5.75 Å². The highest BCUT2D eigenvalue weighted by atomic mass is 35.5. The van der Waals surface area contributed by atoms with Crippen molar-refractivity contribution in [2.24, 2.45) is 0 Å². The molecule has 3 rings (SSSR count). The maximum Gasteiger partial charge on any atom is 0.264 e. The highest BCUT2D eigenvalue weighted by Gasteiger charge is 2.34. The Labute approximate surface area is 268 Å². The summed E-state index contributed by atoms with van der Waals surface area (Å²) >= 11 is 18.9. The number of ether oxygens (including phenoxy) is 1. The van der Waals surface area contributed by atoms with Crippen molar-refractivity contribution in [3.05, 3.63) is 87.4 Å². The summed E-state index contributed by atoms with van der Waals surface area (Å²) in [6.45, 7) is 5.82. The van der Waals surface area contributed by atoms with E-state index in [2.05, 4.69) is 5.32 Å². The number of sulfonamides is 1. The quantitative estimate of drug-likeness (QED) is 0.177. The molecular weight excluding hydrogens is 633 g/mol. The van der Waals surface area contributed by atoms with Crippen LogP contribution in [0, 0.1) is 0 Å². The Morgan fingerprint density at radius 3 is 2.09 bits per heavy atom. The van der Waals surface area contributed by atoms with E-state index in [1.807, 2.05) is 13.8 Å². The molecule has 0 fully saturated rings. The van der Waals surface area contributed by atoms with Gasteiger partial charge in [0.15, 0.2) is 0 Å². The van der Waals surface area contributed by atoms with Crippen LogP contribution >= 0.6 is 34.8 Å². The lowest BCUT2D eigenvalue weighted by atomic mass is 10.1. The zero-order chi connectivity index (χ0) is 31.6. The molecule has 3 aromatic rings. The first kappa shape index (κ1) is 34.5. The van der Waals surface area contributed by atoms with Crippen LogP contribution in [0.2, 0.25) is 15.1 Å². The summed E-state index contributed by atoms with van der Waals surface area (Å²) in [7, 11) is -4.25. The van der Waals surface area contributed by atoms with Gasteiger partial charge in [0.25, 0.3) is 10.0 Å². The van der Waals surface area contributed by atoms with E-state index in [0.29, 0.717) is 39.5 Å². The molecule has 1 atom stereocenters. The highest BCUT2D eigenvalue weighted by molar-refractivity contribution is 7.92. The molecule has 0 aliphatic rings. The lowest BCUT2D eigenvalue weighted by Crippen LogP contribution is -2.52. The standard InChI is InChI=1S/C31H36Cl3N3O5S/c1-4-7-19-35-31(39)29(5-2)36(20-26-27(33)9-8-10-28(26)34)30(38)21-37(23-13-15-24(16-14-23)42-6-3)43(40,41)25-17-11-22(32)12-18-25/h8-18,29H,4-7,19-21H2,1-3H3,(H,35,39). The molecule has 0 aliphatic heterocycles. The van der Waals surface area contributed by atoms with Crippen molar-refractivity contribution in [2.75, 3.05) is 24.0 Å². The third-order valence-corrected chi connectivity index (χ3v) is 9.47. The molecule has 0 saturated heterocycles. The van der Waals surface area contributed by atoms with Crippen molar-refractivity contribution >= 4 is 62.3 Å². The molecule has 0 heterocycles. The van der Waals surface area contributed by atoms with Gasteiger partial charge in [0.2, 0.25) is 11.8 Å². The molecule has 8 nitrogen and oxygen atoms in total. The summed E-state index contributed by atoms with van der Waals surface area (Å²) in [6.07, 6.45) is 1.94.